The second-order valence-electron chi connectivity index (χ2n) is 7.92. The van der Waals surface area contributed by atoms with Gasteiger partial charge in [-0.3, -0.25) is 14.5 Å². The molecule has 2 fully saturated rings. The molecule has 0 saturated carbocycles. The van der Waals surface area contributed by atoms with Gasteiger partial charge in [-0.05, 0) is 44.1 Å². The third-order valence-corrected chi connectivity index (χ3v) is 6.40. The lowest BCUT2D eigenvalue weighted by molar-refractivity contribution is -0.137. The van der Waals surface area contributed by atoms with E-state index in [-0.39, 0.29) is 30.5 Å². The van der Waals surface area contributed by atoms with Crippen LogP contribution in [-0.2, 0) is 22.3 Å². The van der Waals surface area contributed by atoms with Crippen LogP contribution in [0.2, 0.25) is 0 Å². The van der Waals surface area contributed by atoms with Crippen molar-refractivity contribution in [1.29, 1.82) is 0 Å². The third-order valence-electron chi connectivity index (χ3n) is 5.60. The second-order valence-corrected chi connectivity index (χ2v) is 8.78. The normalized spacial score (nSPS) is 20.3. The van der Waals surface area contributed by atoms with Gasteiger partial charge in [0.2, 0.25) is 11.8 Å². The molecule has 1 N–H and O–H groups in total. The van der Waals surface area contributed by atoms with Crippen LogP contribution < -0.4 is 10.2 Å². The van der Waals surface area contributed by atoms with Crippen molar-refractivity contribution < 1.29 is 22.8 Å². The Morgan fingerprint density at radius 2 is 2.00 bits per heavy atom. The fraction of sp³-hybridized carbons (Fsp3) is 0.476. The molecule has 2 saturated heterocycles. The van der Waals surface area contributed by atoms with Gasteiger partial charge < -0.3 is 10.2 Å². The molecule has 1 unspecified atom stereocenters. The van der Waals surface area contributed by atoms with Gasteiger partial charge in [-0.15, -0.1) is 11.3 Å². The molecule has 10 heteroatoms. The summed E-state index contributed by atoms with van der Waals surface area (Å²) in [5.41, 5.74) is 0.221. The molecule has 2 aromatic rings. The number of piperidine rings is 1. The first-order valence-corrected chi connectivity index (χ1v) is 11.1. The van der Waals surface area contributed by atoms with Gasteiger partial charge in [-0.1, -0.05) is 12.5 Å². The quantitative estimate of drug-likeness (QED) is 0.741. The fourth-order valence-corrected chi connectivity index (χ4v) is 4.68. The Hall–Kier alpha value is -2.46. The van der Waals surface area contributed by atoms with Crippen LogP contribution in [0.5, 0.6) is 0 Å². The average molecular weight is 453 g/mol. The second kappa shape index (κ2) is 8.96. The highest BCUT2D eigenvalue weighted by Crippen LogP contribution is 2.33. The standard InChI is InChI=1S/C21H23F3N4O2S/c22-21(23,24)15-5-4-6-17(10-15)28-11-14(9-18(28)29)19(30)26-20-25-16(13-31-20)12-27-7-2-1-3-8-27/h4-6,10,13-14H,1-3,7-9,11-12H2,(H,25,26,30). The van der Waals surface area contributed by atoms with Gasteiger partial charge in [0.15, 0.2) is 5.13 Å². The number of hydrogen-bond acceptors (Lipinski definition) is 5. The Kier molecular flexibility index (Phi) is 6.29. The Balaban J connectivity index is 1.36. The number of thiazole rings is 1. The van der Waals surface area contributed by atoms with E-state index >= 15 is 0 Å². The first kappa shape index (κ1) is 21.8. The minimum Gasteiger partial charge on any atom is -0.312 e. The summed E-state index contributed by atoms with van der Waals surface area (Å²) in [5, 5.41) is 5.15. The molecule has 3 heterocycles. The van der Waals surface area contributed by atoms with E-state index < -0.39 is 17.7 Å². The molecule has 2 aliphatic heterocycles. The Labute approximate surface area is 182 Å². The van der Waals surface area contributed by atoms with E-state index in [2.05, 4.69) is 15.2 Å². The first-order valence-electron chi connectivity index (χ1n) is 10.2. The van der Waals surface area contributed by atoms with Crippen LogP contribution in [-0.4, -0.2) is 41.3 Å². The molecule has 2 aliphatic rings. The number of aromatic nitrogens is 1. The van der Waals surface area contributed by atoms with Crippen LogP contribution in [0.25, 0.3) is 0 Å². The number of halogens is 3. The number of hydrogen-bond donors (Lipinski definition) is 1. The van der Waals surface area contributed by atoms with Crippen LogP contribution in [0.15, 0.2) is 29.6 Å². The van der Waals surface area contributed by atoms with Crippen LogP contribution in [0.3, 0.4) is 0 Å². The molecule has 31 heavy (non-hydrogen) atoms. The number of rotatable bonds is 5. The van der Waals surface area contributed by atoms with Gasteiger partial charge in [0.05, 0.1) is 17.2 Å². The van der Waals surface area contributed by atoms with Gasteiger partial charge >= 0.3 is 6.18 Å². The molecule has 166 valence electrons. The molecule has 4 rings (SSSR count). The highest BCUT2D eigenvalue weighted by molar-refractivity contribution is 7.13. The number of carbonyl (C=O) groups excluding carboxylic acids is 2. The van der Waals surface area contributed by atoms with Crippen LogP contribution in [0.4, 0.5) is 24.0 Å². The van der Waals surface area contributed by atoms with Crippen molar-refractivity contribution in [3.05, 3.63) is 40.9 Å². The van der Waals surface area contributed by atoms with E-state index in [1.807, 2.05) is 5.38 Å². The number of benzene rings is 1. The van der Waals surface area contributed by atoms with Crippen molar-refractivity contribution >= 4 is 34.0 Å². The summed E-state index contributed by atoms with van der Waals surface area (Å²) in [6.07, 6.45) is -0.912. The smallest absolute Gasteiger partial charge is 0.312 e. The Bertz CT molecular complexity index is 956. The molecule has 1 aromatic carbocycles. The average Bonchev–Trinajstić information content (AvgIpc) is 3.34. The zero-order valence-electron chi connectivity index (χ0n) is 16.8. The molecule has 0 aliphatic carbocycles. The Morgan fingerprint density at radius 3 is 2.74 bits per heavy atom. The van der Waals surface area contributed by atoms with Crippen LogP contribution in [0, 0.1) is 5.92 Å². The fourth-order valence-electron chi connectivity index (χ4n) is 3.97. The molecule has 6 nitrogen and oxygen atoms in total. The van der Waals surface area contributed by atoms with E-state index in [0.29, 0.717) is 5.13 Å². The predicted octanol–water partition coefficient (Wildman–Crippen LogP) is 4.14. The maximum Gasteiger partial charge on any atom is 0.416 e. The van der Waals surface area contributed by atoms with Crippen molar-refractivity contribution in [3.8, 4) is 0 Å². The summed E-state index contributed by atoms with van der Waals surface area (Å²) >= 11 is 1.33. The van der Waals surface area contributed by atoms with Crippen molar-refractivity contribution in [2.24, 2.45) is 5.92 Å². The Morgan fingerprint density at radius 1 is 1.23 bits per heavy atom. The summed E-state index contributed by atoms with van der Waals surface area (Å²) in [4.78, 5) is 33.1. The number of carbonyl (C=O) groups is 2. The van der Waals surface area contributed by atoms with E-state index in [1.54, 1.807) is 0 Å². The number of anilines is 2. The van der Waals surface area contributed by atoms with Crippen molar-refractivity contribution in [2.45, 2.75) is 38.4 Å². The van der Waals surface area contributed by atoms with E-state index in [0.717, 1.165) is 37.5 Å². The van der Waals surface area contributed by atoms with Crippen molar-refractivity contribution in [3.63, 3.8) is 0 Å². The SMILES string of the molecule is O=C(Nc1nc(CN2CCCCC2)cs1)C1CC(=O)N(c2cccc(C(F)(F)F)c2)C1. The topological polar surface area (TPSA) is 65.5 Å². The number of alkyl halides is 3. The zero-order valence-corrected chi connectivity index (χ0v) is 17.6. The molecular formula is C21H23F3N4O2S. The summed E-state index contributed by atoms with van der Waals surface area (Å²) in [6.45, 7) is 2.89. The summed E-state index contributed by atoms with van der Waals surface area (Å²) < 4.78 is 38.9. The lowest BCUT2D eigenvalue weighted by Gasteiger charge is -2.25. The minimum atomic E-state index is -4.49. The third kappa shape index (κ3) is 5.24. The molecule has 0 radical (unpaired) electrons. The number of likely N-dealkylation sites (tertiary alicyclic amines) is 1. The molecule has 0 bridgehead atoms. The van der Waals surface area contributed by atoms with Gasteiger partial charge in [0.25, 0.3) is 0 Å². The molecule has 1 aromatic heterocycles. The monoisotopic (exact) mass is 452 g/mol. The lowest BCUT2D eigenvalue weighted by atomic mass is 10.1. The predicted molar refractivity (Wildman–Crippen MR) is 112 cm³/mol. The first-order chi connectivity index (χ1) is 14.8. The van der Waals surface area contributed by atoms with Crippen LogP contribution >= 0.6 is 11.3 Å². The number of nitrogens with one attached hydrogen (secondary N) is 1. The van der Waals surface area contributed by atoms with Crippen molar-refractivity contribution in [1.82, 2.24) is 9.88 Å². The van der Waals surface area contributed by atoms with Gasteiger partial charge in [0, 0.05) is 30.6 Å². The van der Waals surface area contributed by atoms with Gasteiger partial charge in [-0.25, -0.2) is 4.98 Å². The van der Waals surface area contributed by atoms with Crippen molar-refractivity contribution in [2.75, 3.05) is 29.9 Å². The lowest BCUT2D eigenvalue weighted by Crippen LogP contribution is -2.29. The van der Waals surface area contributed by atoms with Gasteiger partial charge in [-0.2, -0.15) is 13.2 Å². The summed E-state index contributed by atoms with van der Waals surface area (Å²) in [6, 6.07) is 4.60. The van der Waals surface area contributed by atoms with E-state index in [1.165, 1.54) is 47.6 Å². The van der Waals surface area contributed by atoms with E-state index in [9.17, 15) is 22.8 Å². The summed E-state index contributed by atoms with van der Waals surface area (Å²) in [7, 11) is 0. The zero-order chi connectivity index (χ0) is 22.0. The largest absolute Gasteiger partial charge is 0.416 e. The van der Waals surface area contributed by atoms with E-state index in [4.69, 9.17) is 0 Å². The number of nitrogens with zero attached hydrogens (tertiary/aromatic N) is 3. The van der Waals surface area contributed by atoms with Crippen LogP contribution in [0.1, 0.15) is 36.9 Å². The molecule has 1 atom stereocenters. The molecule has 0 spiro atoms. The summed E-state index contributed by atoms with van der Waals surface area (Å²) in [5.74, 6) is -1.36. The highest BCUT2D eigenvalue weighted by atomic mass is 32.1. The van der Waals surface area contributed by atoms with Gasteiger partial charge in [0.1, 0.15) is 0 Å². The molecule has 2 amide bonds. The molecular weight excluding hydrogens is 429 g/mol. The maximum absolute atomic E-state index is 13.0. The minimum absolute atomic E-state index is 0.0397. The highest BCUT2D eigenvalue weighted by Gasteiger charge is 2.37. The number of amides is 2. The maximum atomic E-state index is 13.0.